The van der Waals surface area contributed by atoms with Crippen LogP contribution in [0, 0.1) is 0 Å². The van der Waals surface area contributed by atoms with Crippen LogP contribution >= 0.6 is 0 Å². The number of nitrogens with zero attached hydrogens (tertiary/aromatic N) is 2. The molecule has 0 atom stereocenters. The molecule has 0 spiro atoms. The Labute approximate surface area is 154 Å². The quantitative estimate of drug-likeness (QED) is 0.705. The van der Waals surface area contributed by atoms with E-state index in [1.165, 1.54) is 16.4 Å². The fourth-order valence-electron chi connectivity index (χ4n) is 2.80. The van der Waals surface area contributed by atoms with Gasteiger partial charge in [-0.1, -0.05) is 0 Å². The highest BCUT2D eigenvalue weighted by Crippen LogP contribution is 2.31. The summed E-state index contributed by atoms with van der Waals surface area (Å²) in [5, 5.41) is 0. The summed E-state index contributed by atoms with van der Waals surface area (Å²) >= 11 is 0. The molecule has 1 saturated heterocycles. The van der Waals surface area contributed by atoms with Gasteiger partial charge < -0.3 is 20.1 Å². The lowest BCUT2D eigenvalue weighted by atomic mass is 10.3. The van der Waals surface area contributed by atoms with E-state index < -0.39 is 10.0 Å². The van der Waals surface area contributed by atoms with Gasteiger partial charge in [-0.05, 0) is 26.0 Å². The third-order valence-electron chi connectivity index (χ3n) is 4.10. The van der Waals surface area contributed by atoms with Gasteiger partial charge in [-0.15, -0.1) is 0 Å². The number of amides is 1. The van der Waals surface area contributed by atoms with Crippen molar-refractivity contribution in [3.63, 3.8) is 0 Å². The normalized spacial score (nSPS) is 15.7. The maximum atomic E-state index is 12.9. The molecule has 0 saturated carbocycles. The van der Waals surface area contributed by atoms with Gasteiger partial charge in [0.15, 0.2) is 11.5 Å². The molecule has 1 aromatic rings. The molecule has 1 aliphatic heterocycles. The number of hydrogen-bond donors (Lipinski definition) is 1. The van der Waals surface area contributed by atoms with Crippen LogP contribution in [-0.4, -0.2) is 69.5 Å². The summed E-state index contributed by atoms with van der Waals surface area (Å²) in [5.41, 5.74) is 5.41. The van der Waals surface area contributed by atoms with Crippen molar-refractivity contribution in [3.8, 4) is 11.5 Å². The van der Waals surface area contributed by atoms with Crippen molar-refractivity contribution in [2.45, 2.75) is 25.2 Å². The zero-order valence-corrected chi connectivity index (χ0v) is 16.1. The summed E-state index contributed by atoms with van der Waals surface area (Å²) < 4.78 is 38.2. The molecule has 1 aromatic carbocycles. The van der Waals surface area contributed by atoms with Crippen LogP contribution in [0.3, 0.4) is 0 Å². The molecule has 146 valence electrons. The first-order valence-electron chi connectivity index (χ1n) is 8.81. The number of carbonyl (C=O) groups excluding carboxylic acids is 1. The molecule has 2 N–H and O–H groups in total. The van der Waals surface area contributed by atoms with E-state index in [9.17, 15) is 13.2 Å². The molecule has 1 aliphatic rings. The van der Waals surface area contributed by atoms with Crippen molar-refractivity contribution in [2.24, 2.45) is 5.73 Å². The zero-order valence-electron chi connectivity index (χ0n) is 15.3. The third kappa shape index (κ3) is 4.66. The molecule has 1 heterocycles. The van der Waals surface area contributed by atoms with E-state index in [0.717, 1.165) is 0 Å². The van der Waals surface area contributed by atoms with Gasteiger partial charge in [0.25, 0.3) is 0 Å². The second-order valence-corrected chi connectivity index (χ2v) is 7.74. The van der Waals surface area contributed by atoms with Crippen LogP contribution in [0.1, 0.15) is 20.3 Å². The summed E-state index contributed by atoms with van der Waals surface area (Å²) in [6, 6.07) is 4.63. The molecule has 8 nitrogen and oxygen atoms in total. The van der Waals surface area contributed by atoms with Gasteiger partial charge in [0, 0.05) is 45.2 Å². The van der Waals surface area contributed by atoms with E-state index in [2.05, 4.69) is 0 Å². The summed E-state index contributed by atoms with van der Waals surface area (Å²) in [6.45, 7) is 6.10. The monoisotopic (exact) mass is 385 g/mol. The summed E-state index contributed by atoms with van der Waals surface area (Å²) in [7, 11) is -3.66. The minimum absolute atomic E-state index is 0.0377. The Morgan fingerprint density at radius 3 is 2.27 bits per heavy atom. The molecule has 9 heteroatoms. The largest absolute Gasteiger partial charge is 0.490 e. The van der Waals surface area contributed by atoms with Crippen LogP contribution in [0.25, 0.3) is 0 Å². The van der Waals surface area contributed by atoms with Crippen LogP contribution in [-0.2, 0) is 14.8 Å². The molecule has 1 fully saturated rings. The second kappa shape index (κ2) is 9.20. The molecule has 1 amide bonds. The van der Waals surface area contributed by atoms with Crippen molar-refractivity contribution in [2.75, 3.05) is 45.9 Å². The predicted molar refractivity (Wildman–Crippen MR) is 97.8 cm³/mol. The smallest absolute Gasteiger partial charge is 0.243 e. The van der Waals surface area contributed by atoms with Crippen LogP contribution < -0.4 is 15.2 Å². The molecule has 2 rings (SSSR count). The van der Waals surface area contributed by atoms with Gasteiger partial charge >= 0.3 is 0 Å². The Bertz CT molecular complexity index is 715. The zero-order chi connectivity index (χ0) is 19.2. The SMILES string of the molecule is CCOc1ccc(S(=O)(=O)N2CCN(C(=O)CCN)CC2)cc1OCC. The Balaban J connectivity index is 2.15. The fraction of sp³-hybridized carbons (Fsp3) is 0.588. The van der Waals surface area contributed by atoms with Crippen molar-refractivity contribution in [3.05, 3.63) is 18.2 Å². The van der Waals surface area contributed by atoms with Gasteiger partial charge in [0.05, 0.1) is 18.1 Å². The molecular formula is C17H27N3O5S. The van der Waals surface area contributed by atoms with E-state index in [4.69, 9.17) is 15.2 Å². The topological polar surface area (TPSA) is 102 Å². The third-order valence-corrected chi connectivity index (χ3v) is 6.00. The highest BCUT2D eigenvalue weighted by molar-refractivity contribution is 7.89. The number of carbonyl (C=O) groups is 1. The van der Waals surface area contributed by atoms with Gasteiger partial charge in [-0.25, -0.2) is 8.42 Å². The van der Waals surface area contributed by atoms with Gasteiger partial charge in [-0.2, -0.15) is 4.31 Å². The molecular weight excluding hydrogens is 358 g/mol. The average Bonchev–Trinajstić information content (AvgIpc) is 2.64. The molecule has 0 aliphatic carbocycles. The fourth-order valence-corrected chi connectivity index (χ4v) is 4.24. The van der Waals surface area contributed by atoms with Gasteiger partial charge in [-0.3, -0.25) is 4.79 Å². The number of sulfonamides is 1. The number of rotatable bonds is 8. The maximum absolute atomic E-state index is 12.9. The summed E-state index contributed by atoms with van der Waals surface area (Å²) in [5.74, 6) is 0.891. The number of benzene rings is 1. The molecule has 0 bridgehead atoms. The maximum Gasteiger partial charge on any atom is 0.243 e. The predicted octanol–water partition coefficient (Wildman–Crippen LogP) is 0.666. The molecule has 0 unspecified atom stereocenters. The molecule has 0 aromatic heterocycles. The Morgan fingerprint density at radius 1 is 1.08 bits per heavy atom. The summed E-state index contributed by atoms with van der Waals surface area (Å²) in [6.07, 6.45) is 0.281. The first-order valence-corrected chi connectivity index (χ1v) is 10.3. The van der Waals surface area contributed by atoms with Crippen molar-refractivity contribution in [1.82, 2.24) is 9.21 Å². The van der Waals surface area contributed by atoms with Gasteiger partial charge in [0.2, 0.25) is 15.9 Å². The van der Waals surface area contributed by atoms with E-state index in [0.29, 0.717) is 44.3 Å². The molecule has 26 heavy (non-hydrogen) atoms. The minimum Gasteiger partial charge on any atom is -0.490 e. The van der Waals surface area contributed by atoms with Crippen LogP contribution in [0.2, 0.25) is 0 Å². The minimum atomic E-state index is -3.66. The van der Waals surface area contributed by atoms with Crippen LogP contribution in [0.5, 0.6) is 11.5 Å². The first kappa shape index (κ1) is 20.5. The number of piperazine rings is 1. The summed E-state index contributed by atoms with van der Waals surface area (Å²) in [4.78, 5) is 13.7. The van der Waals surface area contributed by atoms with E-state index in [-0.39, 0.29) is 30.3 Å². The Morgan fingerprint density at radius 2 is 1.69 bits per heavy atom. The van der Waals surface area contributed by atoms with Crippen molar-refractivity contribution >= 4 is 15.9 Å². The molecule has 0 radical (unpaired) electrons. The van der Waals surface area contributed by atoms with E-state index in [1.54, 1.807) is 11.0 Å². The van der Waals surface area contributed by atoms with Crippen LogP contribution in [0.4, 0.5) is 0 Å². The Kier molecular flexibility index (Phi) is 7.24. The average molecular weight is 385 g/mol. The highest BCUT2D eigenvalue weighted by Gasteiger charge is 2.30. The number of nitrogens with two attached hydrogens (primary N) is 1. The van der Waals surface area contributed by atoms with Crippen molar-refractivity contribution in [1.29, 1.82) is 0 Å². The standard InChI is InChI=1S/C17H27N3O5S/c1-3-24-15-6-5-14(13-16(15)25-4-2)26(22,23)20-11-9-19(10-12-20)17(21)7-8-18/h5-6,13H,3-4,7-12,18H2,1-2H3. The number of hydrogen-bond acceptors (Lipinski definition) is 6. The van der Waals surface area contributed by atoms with E-state index in [1.807, 2.05) is 13.8 Å². The highest BCUT2D eigenvalue weighted by atomic mass is 32.2. The first-order chi connectivity index (χ1) is 12.4. The second-order valence-electron chi connectivity index (χ2n) is 5.80. The van der Waals surface area contributed by atoms with Gasteiger partial charge in [0.1, 0.15) is 0 Å². The number of ether oxygens (including phenoxy) is 2. The Hall–Kier alpha value is -1.84. The van der Waals surface area contributed by atoms with Crippen LogP contribution in [0.15, 0.2) is 23.1 Å². The van der Waals surface area contributed by atoms with Crippen molar-refractivity contribution < 1.29 is 22.7 Å². The van der Waals surface area contributed by atoms with E-state index >= 15 is 0 Å². The lowest BCUT2D eigenvalue weighted by molar-refractivity contribution is -0.132. The lowest BCUT2D eigenvalue weighted by Gasteiger charge is -2.34. The lowest BCUT2D eigenvalue weighted by Crippen LogP contribution is -2.50.